The van der Waals surface area contributed by atoms with Gasteiger partial charge in [-0.15, -0.1) is 0 Å². The summed E-state index contributed by atoms with van der Waals surface area (Å²) in [5, 5.41) is 22.2. The van der Waals surface area contributed by atoms with E-state index in [2.05, 4.69) is 5.32 Å². The Hall–Kier alpha value is -2.03. The van der Waals surface area contributed by atoms with Crippen LogP contribution in [0, 0.1) is 10.1 Å². The van der Waals surface area contributed by atoms with Gasteiger partial charge in [0.15, 0.2) is 0 Å². The van der Waals surface area contributed by atoms with Gasteiger partial charge in [-0.1, -0.05) is 0 Å². The van der Waals surface area contributed by atoms with Crippen LogP contribution in [-0.4, -0.2) is 44.5 Å². The van der Waals surface area contributed by atoms with Gasteiger partial charge in [-0.2, -0.15) is 11.8 Å². The zero-order valence-electron chi connectivity index (χ0n) is 11.7. The second-order valence-electron chi connectivity index (χ2n) is 4.27. The highest BCUT2D eigenvalue weighted by molar-refractivity contribution is 7.98. The lowest BCUT2D eigenvalue weighted by atomic mass is 10.2. The number of amides is 1. The van der Waals surface area contributed by atoms with Crippen LogP contribution in [0.3, 0.4) is 0 Å². The van der Waals surface area contributed by atoms with Crippen molar-refractivity contribution in [1.29, 1.82) is 0 Å². The molecule has 9 heteroatoms. The molecule has 1 aromatic rings. The first-order chi connectivity index (χ1) is 9.90. The number of carbonyl (C=O) groups excluding carboxylic acids is 1. The number of aliphatic carboxylic acids is 1. The van der Waals surface area contributed by atoms with E-state index in [1.165, 1.54) is 22.5 Å². The van der Waals surface area contributed by atoms with Gasteiger partial charge in [0.2, 0.25) is 0 Å². The number of rotatable bonds is 8. The zero-order valence-corrected chi connectivity index (χ0v) is 12.6. The van der Waals surface area contributed by atoms with Crippen LogP contribution in [0.5, 0.6) is 0 Å². The smallest absolute Gasteiger partial charge is 0.326 e. The second kappa shape index (κ2) is 7.67. The largest absolute Gasteiger partial charge is 0.480 e. The molecule has 0 saturated carbocycles. The molecule has 1 aromatic heterocycles. The van der Waals surface area contributed by atoms with Crippen LogP contribution in [0.2, 0.25) is 0 Å². The fourth-order valence-corrected chi connectivity index (χ4v) is 2.24. The van der Waals surface area contributed by atoms with E-state index in [0.29, 0.717) is 12.3 Å². The van der Waals surface area contributed by atoms with Crippen molar-refractivity contribution in [3.8, 4) is 0 Å². The summed E-state index contributed by atoms with van der Waals surface area (Å²) in [6.45, 7) is 2.11. The average Bonchev–Trinajstić information content (AvgIpc) is 2.87. The van der Waals surface area contributed by atoms with E-state index in [1.54, 1.807) is 6.92 Å². The van der Waals surface area contributed by atoms with Crippen LogP contribution in [0.25, 0.3) is 0 Å². The Kier molecular flexibility index (Phi) is 6.22. The quantitative estimate of drug-likeness (QED) is 0.553. The normalized spacial score (nSPS) is 11.9. The van der Waals surface area contributed by atoms with E-state index in [-0.39, 0.29) is 17.8 Å². The Morgan fingerprint density at radius 2 is 2.24 bits per heavy atom. The molecule has 116 valence electrons. The molecule has 0 aliphatic rings. The molecule has 1 heterocycles. The Labute approximate surface area is 125 Å². The predicted octanol–water partition coefficient (Wildman–Crippen LogP) is 1.35. The molecule has 0 aliphatic heterocycles. The Balaban J connectivity index is 2.91. The van der Waals surface area contributed by atoms with Crippen molar-refractivity contribution in [2.45, 2.75) is 25.9 Å². The van der Waals surface area contributed by atoms with Crippen molar-refractivity contribution in [3.63, 3.8) is 0 Å². The van der Waals surface area contributed by atoms with Crippen LogP contribution in [0.1, 0.15) is 23.8 Å². The van der Waals surface area contributed by atoms with E-state index in [9.17, 15) is 19.7 Å². The minimum atomic E-state index is -1.12. The molecule has 8 nitrogen and oxygen atoms in total. The Morgan fingerprint density at radius 1 is 1.57 bits per heavy atom. The summed E-state index contributed by atoms with van der Waals surface area (Å²) in [6.07, 6.45) is 3.38. The lowest BCUT2D eigenvalue weighted by Gasteiger charge is -2.14. The molecule has 1 amide bonds. The molecule has 0 spiro atoms. The maximum atomic E-state index is 12.1. The summed E-state index contributed by atoms with van der Waals surface area (Å²) in [7, 11) is 0. The lowest BCUT2D eigenvalue weighted by Crippen LogP contribution is -2.41. The topological polar surface area (TPSA) is 114 Å². The third-order valence-electron chi connectivity index (χ3n) is 2.88. The number of aromatic nitrogens is 1. The summed E-state index contributed by atoms with van der Waals surface area (Å²) in [5.74, 6) is -1.16. The van der Waals surface area contributed by atoms with Crippen LogP contribution in [-0.2, 0) is 11.3 Å². The number of carboxylic acid groups (broad SMARTS) is 1. The van der Waals surface area contributed by atoms with Gasteiger partial charge in [0.25, 0.3) is 11.6 Å². The third kappa shape index (κ3) is 4.48. The van der Waals surface area contributed by atoms with Crippen LogP contribution in [0.15, 0.2) is 12.3 Å². The SMILES string of the molecule is CCn1cc([N+](=O)[O-])cc1C(=O)N[C@@H](CCSC)C(=O)O. The third-order valence-corrected chi connectivity index (χ3v) is 3.52. The summed E-state index contributed by atoms with van der Waals surface area (Å²) >= 11 is 1.48. The standard InChI is InChI=1S/C12H17N3O5S/c1-3-14-7-8(15(19)20)6-10(14)11(16)13-9(12(17)18)4-5-21-2/h6-7,9H,3-5H2,1-2H3,(H,13,16)(H,17,18)/t9-/m0/s1. The number of nitro groups is 1. The van der Waals surface area contributed by atoms with Gasteiger partial charge < -0.3 is 15.0 Å². The zero-order chi connectivity index (χ0) is 16.0. The summed E-state index contributed by atoms with van der Waals surface area (Å²) in [6, 6.07) is 0.135. The summed E-state index contributed by atoms with van der Waals surface area (Å²) in [5.41, 5.74) is -0.113. The molecule has 21 heavy (non-hydrogen) atoms. The first-order valence-electron chi connectivity index (χ1n) is 6.27. The van der Waals surface area contributed by atoms with Crippen LogP contribution in [0.4, 0.5) is 5.69 Å². The van der Waals surface area contributed by atoms with Crippen molar-refractivity contribution in [2.75, 3.05) is 12.0 Å². The summed E-state index contributed by atoms with van der Waals surface area (Å²) in [4.78, 5) is 33.4. The first-order valence-corrected chi connectivity index (χ1v) is 7.67. The van der Waals surface area contributed by atoms with Gasteiger partial charge in [0.05, 0.1) is 11.1 Å². The average molecular weight is 315 g/mol. The number of nitrogens with one attached hydrogen (secondary N) is 1. The minimum absolute atomic E-state index is 0.0830. The molecule has 0 aliphatic carbocycles. The van der Waals surface area contributed by atoms with Crippen molar-refractivity contribution < 1.29 is 19.6 Å². The van der Waals surface area contributed by atoms with Crippen molar-refractivity contribution in [2.24, 2.45) is 0 Å². The minimum Gasteiger partial charge on any atom is -0.480 e. The molecule has 2 N–H and O–H groups in total. The van der Waals surface area contributed by atoms with Crippen molar-refractivity contribution in [1.82, 2.24) is 9.88 Å². The number of hydrogen-bond donors (Lipinski definition) is 2. The van der Waals surface area contributed by atoms with Gasteiger partial charge >= 0.3 is 5.97 Å². The van der Waals surface area contributed by atoms with E-state index < -0.39 is 22.8 Å². The Bertz CT molecular complexity index is 543. The fraction of sp³-hybridized carbons (Fsp3) is 0.500. The van der Waals surface area contributed by atoms with Gasteiger partial charge in [0, 0.05) is 12.6 Å². The molecule has 0 saturated heterocycles. The van der Waals surface area contributed by atoms with Gasteiger partial charge in [-0.25, -0.2) is 4.79 Å². The number of thioether (sulfide) groups is 1. The molecular formula is C12H17N3O5S. The lowest BCUT2D eigenvalue weighted by molar-refractivity contribution is -0.384. The number of nitrogens with zero attached hydrogens (tertiary/aromatic N) is 2. The van der Waals surface area contributed by atoms with Crippen molar-refractivity contribution in [3.05, 3.63) is 28.1 Å². The van der Waals surface area contributed by atoms with Crippen LogP contribution >= 0.6 is 11.8 Å². The number of carbonyl (C=O) groups is 2. The Morgan fingerprint density at radius 3 is 2.71 bits per heavy atom. The van der Waals surface area contributed by atoms with Crippen LogP contribution < -0.4 is 5.32 Å². The summed E-state index contributed by atoms with van der Waals surface area (Å²) < 4.78 is 1.42. The van der Waals surface area contributed by atoms with Gasteiger partial charge in [0.1, 0.15) is 11.7 Å². The maximum absolute atomic E-state index is 12.1. The molecular weight excluding hydrogens is 298 g/mol. The molecule has 0 unspecified atom stereocenters. The van der Waals surface area contributed by atoms with E-state index >= 15 is 0 Å². The number of aryl methyl sites for hydroxylation is 1. The number of hydrogen-bond acceptors (Lipinski definition) is 5. The van der Waals surface area contributed by atoms with Crippen molar-refractivity contribution >= 4 is 29.3 Å². The fourth-order valence-electron chi connectivity index (χ4n) is 1.77. The van der Waals surface area contributed by atoms with E-state index in [4.69, 9.17) is 5.11 Å². The highest BCUT2D eigenvalue weighted by Crippen LogP contribution is 2.16. The predicted molar refractivity (Wildman–Crippen MR) is 78.6 cm³/mol. The van der Waals surface area contributed by atoms with Gasteiger partial charge in [-0.05, 0) is 25.4 Å². The first kappa shape index (κ1) is 17.0. The van der Waals surface area contributed by atoms with E-state index in [1.807, 2.05) is 6.26 Å². The molecule has 0 radical (unpaired) electrons. The molecule has 0 bridgehead atoms. The molecule has 1 atom stereocenters. The monoisotopic (exact) mass is 315 g/mol. The maximum Gasteiger partial charge on any atom is 0.326 e. The molecule has 1 rings (SSSR count). The second-order valence-corrected chi connectivity index (χ2v) is 5.26. The molecule has 0 fully saturated rings. The highest BCUT2D eigenvalue weighted by Gasteiger charge is 2.24. The van der Waals surface area contributed by atoms with E-state index in [0.717, 1.165) is 6.07 Å². The highest BCUT2D eigenvalue weighted by atomic mass is 32.2. The van der Waals surface area contributed by atoms with Gasteiger partial charge in [-0.3, -0.25) is 14.9 Å². The molecule has 0 aromatic carbocycles. The number of carboxylic acids is 1.